The van der Waals surface area contributed by atoms with Gasteiger partial charge in [-0.2, -0.15) is 0 Å². The minimum absolute atomic E-state index is 0.733. The predicted molar refractivity (Wildman–Crippen MR) is 68.7 cm³/mol. The molecule has 0 aromatic carbocycles. The Labute approximate surface area is 109 Å². The van der Waals surface area contributed by atoms with E-state index >= 15 is 0 Å². The molecular weight excluding hydrogens is 299 g/mol. The predicted octanol–water partition coefficient (Wildman–Crippen LogP) is 0.581. The van der Waals surface area contributed by atoms with Crippen molar-refractivity contribution in [3.63, 3.8) is 0 Å². The van der Waals surface area contributed by atoms with Crippen LogP contribution in [0.1, 0.15) is 4.88 Å². The molecule has 4 nitrogen and oxygen atoms in total. The Morgan fingerprint density at radius 1 is 1.06 bits per heavy atom. The molecule has 0 atom stereocenters. The Kier molecular flexibility index (Phi) is 3.56. The van der Waals surface area contributed by atoms with Crippen molar-refractivity contribution in [3.05, 3.63) is 17.0 Å². The maximum absolute atomic E-state index is 6.05. The molecule has 0 N–H and O–H groups in total. The molecule has 1 aromatic rings. The summed E-state index contributed by atoms with van der Waals surface area (Å²) in [5.74, 6) is 0. The summed E-state index contributed by atoms with van der Waals surface area (Å²) in [5.41, 5.74) is 0. The van der Waals surface area contributed by atoms with E-state index in [2.05, 4.69) is 24.0 Å². The second kappa shape index (κ2) is 4.99. The van der Waals surface area contributed by atoms with E-state index in [9.17, 15) is 0 Å². The van der Waals surface area contributed by atoms with Gasteiger partial charge in [0.1, 0.15) is 0 Å². The van der Waals surface area contributed by atoms with E-state index in [1.807, 2.05) is 0 Å². The first-order chi connectivity index (χ1) is 8.28. The van der Waals surface area contributed by atoms with Gasteiger partial charge in [0.2, 0.25) is 0 Å². The van der Waals surface area contributed by atoms with E-state index in [-0.39, 0.29) is 0 Å². The van der Waals surface area contributed by atoms with Crippen molar-refractivity contribution in [1.29, 1.82) is 0 Å². The van der Waals surface area contributed by atoms with Gasteiger partial charge in [0.05, 0.1) is 0 Å². The third-order valence-corrected chi connectivity index (χ3v) is 11.2. The van der Waals surface area contributed by atoms with Gasteiger partial charge in [-0.05, 0) is 0 Å². The van der Waals surface area contributed by atoms with Gasteiger partial charge >= 0.3 is 109 Å². The van der Waals surface area contributed by atoms with Crippen molar-refractivity contribution in [1.82, 2.24) is 4.90 Å². The van der Waals surface area contributed by atoms with E-state index in [0.29, 0.717) is 0 Å². The maximum atomic E-state index is 6.05. The number of fused-ring (bicyclic) bond motifs is 6. The van der Waals surface area contributed by atoms with Crippen LogP contribution in [0.25, 0.3) is 0 Å². The van der Waals surface area contributed by atoms with Crippen LogP contribution in [0.5, 0.6) is 0 Å². The Morgan fingerprint density at radius 3 is 2.12 bits per heavy atom. The van der Waals surface area contributed by atoms with Crippen LogP contribution in [0.3, 0.4) is 0 Å². The number of nitrogens with zero attached hydrogens (tertiary/aromatic N) is 1. The molecule has 1 aromatic heterocycles. The van der Waals surface area contributed by atoms with E-state index in [0.717, 1.165) is 39.5 Å². The van der Waals surface area contributed by atoms with Crippen molar-refractivity contribution >= 4 is 29.3 Å². The first-order valence-corrected chi connectivity index (χ1v) is 10.4. The van der Waals surface area contributed by atoms with Gasteiger partial charge in [-0.15, -0.1) is 0 Å². The van der Waals surface area contributed by atoms with Gasteiger partial charge < -0.3 is 0 Å². The van der Waals surface area contributed by atoms with Crippen molar-refractivity contribution in [2.45, 2.75) is 6.92 Å². The SMILES string of the molecule is Cc1cc[c]([Ge]23[O]CCN(CC[O]2)CC[O]3)s1. The van der Waals surface area contributed by atoms with Crippen molar-refractivity contribution in [2.75, 3.05) is 39.5 Å². The summed E-state index contributed by atoms with van der Waals surface area (Å²) in [7, 11) is 0. The first kappa shape index (κ1) is 12.1. The molecule has 3 aliphatic rings. The van der Waals surface area contributed by atoms with Gasteiger partial charge in [-0.25, -0.2) is 0 Å². The summed E-state index contributed by atoms with van der Waals surface area (Å²) in [4.78, 5) is 3.63. The molecule has 94 valence electrons. The second-order valence-electron chi connectivity index (χ2n) is 4.35. The third kappa shape index (κ3) is 2.45. The third-order valence-electron chi connectivity index (χ3n) is 3.14. The fourth-order valence-electron chi connectivity index (χ4n) is 2.20. The Morgan fingerprint density at radius 2 is 1.65 bits per heavy atom. The van der Waals surface area contributed by atoms with Crippen LogP contribution < -0.4 is 3.71 Å². The molecule has 4 rings (SSSR count). The van der Waals surface area contributed by atoms with Crippen LogP contribution in [0.2, 0.25) is 0 Å². The standard InChI is InChI=1S/C11H17GeNO3S/c1-10-2-3-11(17-10)12-14-7-4-13(5-8-15-12)6-9-16-12/h2-3H,4-9H2,1H3. The van der Waals surface area contributed by atoms with Crippen LogP contribution in [-0.4, -0.2) is 58.6 Å². The summed E-state index contributed by atoms with van der Waals surface area (Å²) in [5, 5.41) is 0. The van der Waals surface area contributed by atoms with Gasteiger partial charge in [-0.1, -0.05) is 0 Å². The fourth-order valence-corrected chi connectivity index (χ4v) is 9.95. The molecule has 0 radical (unpaired) electrons. The molecule has 3 fully saturated rings. The van der Waals surface area contributed by atoms with E-state index in [4.69, 9.17) is 11.3 Å². The van der Waals surface area contributed by atoms with Crippen LogP contribution in [0, 0.1) is 6.92 Å². The van der Waals surface area contributed by atoms with E-state index in [1.54, 1.807) is 11.3 Å². The zero-order chi connectivity index (χ0) is 11.7. The summed E-state index contributed by atoms with van der Waals surface area (Å²) in [6.07, 6.45) is 0. The molecule has 0 aliphatic carbocycles. The summed E-state index contributed by atoms with van der Waals surface area (Å²) in [6, 6.07) is 4.25. The number of aryl methyl sites for hydroxylation is 1. The van der Waals surface area contributed by atoms with Crippen LogP contribution >= 0.6 is 11.3 Å². The number of thiophene rings is 1. The summed E-state index contributed by atoms with van der Waals surface area (Å²) < 4.78 is 19.4. The average Bonchev–Trinajstić information content (AvgIpc) is 2.63. The van der Waals surface area contributed by atoms with Crippen LogP contribution in [0.4, 0.5) is 0 Å². The molecule has 17 heavy (non-hydrogen) atoms. The molecule has 2 bridgehead atoms. The molecule has 3 saturated heterocycles. The van der Waals surface area contributed by atoms with Crippen molar-refractivity contribution < 1.29 is 11.3 Å². The normalized spacial score (nSPS) is 34.1. The molecular formula is C11H17GeNO3S. The monoisotopic (exact) mass is 317 g/mol. The van der Waals surface area contributed by atoms with Gasteiger partial charge in [0.15, 0.2) is 0 Å². The second-order valence-corrected chi connectivity index (χ2v) is 11.7. The molecule has 0 unspecified atom stereocenters. The molecule has 0 spiro atoms. The molecule has 4 heterocycles. The van der Waals surface area contributed by atoms with Crippen LogP contribution in [-0.2, 0) is 11.3 Å². The van der Waals surface area contributed by atoms with Crippen LogP contribution in [0.15, 0.2) is 12.1 Å². The van der Waals surface area contributed by atoms with Crippen molar-refractivity contribution in [3.8, 4) is 0 Å². The average molecular weight is 316 g/mol. The molecule has 6 heteroatoms. The minimum atomic E-state index is -3.16. The first-order valence-electron chi connectivity index (χ1n) is 6.00. The van der Waals surface area contributed by atoms with Gasteiger partial charge in [0.25, 0.3) is 0 Å². The summed E-state index contributed by atoms with van der Waals surface area (Å²) in [6.45, 7) is 7.32. The van der Waals surface area contributed by atoms with E-state index < -0.39 is 14.3 Å². The molecule has 0 amide bonds. The zero-order valence-electron chi connectivity index (χ0n) is 9.98. The summed E-state index contributed by atoms with van der Waals surface area (Å²) >= 11 is -1.40. The zero-order valence-corrected chi connectivity index (χ0v) is 12.9. The quantitative estimate of drug-likeness (QED) is 0.710. The van der Waals surface area contributed by atoms with Gasteiger partial charge in [0, 0.05) is 0 Å². The number of hydrogen-bond acceptors (Lipinski definition) is 5. The molecule has 3 aliphatic heterocycles. The number of rotatable bonds is 1. The molecule has 0 saturated carbocycles. The Bertz CT molecular complexity index is 371. The topological polar surface area (TPSA) is 30.9 Å². The number of hydrogen-bond donors (Lipinski definition) is 0. The van der Waals surface area contributed by atoms with Gasteiger partial charge in [-0.3, -0.25) is 0 Å². The Balaban J connectivity index is 1.91. The fraction of sp³-hybridized carbons (Fsp3) is 0.636. The Hall–Kier alpha value is 0.0829. The van der Waals surface area contributed by atoms with E-state index in [1.165, 1.54) is 8.59 Å². The van der Waals surface area contributed by atoms with Crippen molar-refractivity contribution in [2.24, 2.45) is 0 Å².